The van der Waals surface area contributed by atoms with E-state index in [2.05, 4.69) is 10.3 Å². The molecule has 1 saturated heterocycles. The van der Waals surface area contributed by atoms with E-state index in [1.807, 2.05) is 13.0 Å². The van der Waals surface area contributed by atoms with E-state index in [9.17, 15) is 4.79 Å². The third-order valence-corrected chi connectivity index (χ3v) is 5.06. The Kier molecular flexibility index (Phi) is 4.31. The van der Waals surface area contributed by atoms with Gasteiger partial charge in [-0.15, -0.1) is 0 Å². The lowest BCUT2D eigenvalue weighted by Gasteiger charge is -2.43. The third kappa shape index (κ3) is 2.99. The number of nitrogens with two attached hydrogens (primary N) is 1. The number of hydrazine groups is 1. The van der Waals surface area contributed by atoms with Crippen molar-refractivity contribution in [1.29, 1.82) is 0 Å². The minimum Gasteiger partial charge on any atom is -0.464 e. The lowest BCUT2D eigenvalue weighted by molar-refractivity contribution is 0.0493. The third-order valence-electron chi connectivity index (χ3n) is 5.06. The van der Waals surface area contributed by atoms with Crippen LogP contribution in [0.5, 0.6) is 0 Å². The number of hydrogen-bond donors (Lipinski definition) is 2. The lowest BCUT2D eigenvalue weighted by atomic mass is 9.78. The van der Waals surface area contributed by atoms with Crippen LogP contribution >= 0.6 is 0 Å². The van der Waals surface area contributed by atoms with Crippen LogP contribution in [0.4, 0.5) is 0 Å². The number of hydrogen-bond acceptors (Lipinski definition) is 4. The van der Waals surface area contributed by atoms with Gasteiger partial charge in [0.15, 0.2) is 0 Å². The van der Waals surface area contributed by atoms with Gasteiger partial charge in [-0.2, -0.15) is 0 Å². The summed E-state index contributed by atoms with van der Waals surface area (Å²) < 4.78 is 5.76. The summed E-state index contributed by atoms with van der Waals surface area (Å²) in [6.07, 6.45) is 8.06. The van der Waals surface area contributed by atoms with Crippen LogP contribution in [0.3, 0.4) is 0 Å². The highest BCUT2D eigenvalue weighted by Gasteiger charge is 2.33. The maximum Gasteiger partial charge on any atom is 0.268 e. The van der Waals surface area contributed by atoms with Gasteiger partial charge < -0.3 is 4.42 Å². The fraction of sp³-hybridized carbons (Fsp3) is 0.688. The Morgan fingerprint density at radius 2 is 2.14 bits per heavy atom. The van der Waals surface area contributed by atoms with Gasteiger partial charge in [-0.3, -0.25) is 15.1 Å². The summed E-state index contributed by atoms with van der Waals surface area (Å²) in [5.41, 5.74) is 2.72. The second-order valence-corrected chi connectivity index (χ2v) is 6.38. The zero-order chi connectivity index (χ0) is 14.8. The van der Waals surface area contributed by atoms with E-state index >= 15 is 0 Å². The average Bonchev–Trinajstić information content (AvgIpc) is 2.87. The van der Waals surface area contributed by atoms with Crippen LogP contribution in [0.2, 0.25) is 0 Å². The summed E-state index contributed by atoms with van der Waals surface area (Å²) in [7, 11) is 0. The number of piperidine rings is 1. The number of carbonyl (C=O) groups is 1. The second kappa shape index (κ2) is 6.20. The number of nitrogens with zero attached hydrogens (tertiary/aromatic N) is 1. The van der Waals surface area contributed by atoms with Crippen molar-refractivity contribution in [2.24, 2.45) is 11.8 Å². The van der Waals surface area contributed by atoms with E-state index in [-0.39, 0.29) is 5.91 Å². The number of nitrogens with one attached hydrogen (secondary N) is 1. The Bertz CT molecular complexity index is 510. The number of furan rings is 1. The predicted octanol–water partition coefficient (Wildman–Crippen LogP) is 2.35. The monoisotopic (exact) mass is 291 g/mol. The van der Waals surface area contributed by atoms with Crippen molar-refractivity contribution in [3.8, 4) is 0 Å². The molecular weight excluding hydrogens is 266 g/mol. The first-order valence-electron chi connectivity index (χ1n) is 8.03. The first-order chi connectivity index (χ1) is 10.2. The highest BCUT2D eigenvalue weighted by Crippen LogP contribution is 2.36. The van der Waals surface area contributed by atoms with Gasteiger partial charge in [0, 0.05) is 6.04 Å². The Balaban J connectivity index is 1.72. The Labute approximate surface area is 125 Å². The van der Waals surface area contributed by atoms with Crippen LogP contribution in [-0.2, 0) is 6.54 Å². The molecule has 116 valence electrons. The first kappa shape index (κ1) is 14.6. The van der Waals surface area contributed by atoms with E-state index in [1.54, 1.807) is 0 Å². The van der Waals surface area contributed by atoms with Crippen molar-refractivity contribution < 1.29 is 9.21 Å². The van der Waals surface area contributed by atoms with E-state index < -0.39 is 0 Å². The van der Waals surface area contributed by atoms with Gasteiger partial charge in [-0.25, -0.2) is 5.84 Å². The molecule has 2 fully saturated rings. The molecule has 0 bridgehead atoms. The van der Waals surface area contributed by atoms with Gasteiger partial charge in [-0.1, -0.05) is 12.8 Å². The minimum absolute atomic E-state index is 0.281. The van der Waals surface area contributed by atoms with Crippen molar-refractivity contribution in [1.82, 2.24) is 10.3 Å². The number of fused-ring (bicyclic) bond motifs is 1. The van der Waals surface area contributed by atoms with E-state index in [1.165, 1.54) is 38.5 Å². The highest BCUT2D eigenvalue weighted by atomic mass is 16.3. The van der Waals surface area contributed by atoms with E-state index in [0.717, 1.165) is 24.8 Å². The maximum absolute atomic E-state index is 11.7. The van der Waals surface area contributed by atoms with E-state index in [0.29, 0.717) is 17.4 Å². The fourth-order valence-corrected chi connectivity index (χ4v) is 4.05. The molecule has 1 aromatic rings. The van der Waals surface area contributed by atoms with Crippen LogP contribution < -0.4 is 11.3 Å². The predicted molar refractivity (Wildman–Crippen MR) is 80.5 cm³/mol. The fourth-order valence-electron chi connectivity index (χ4n) is 4.05. The quantitative estimate of drug-likeness (QED) is 0.509. The highest BCUT2D eigenvalue weighted by molar-refractivity contribution is 5.94. The molecule has 1 saturated carbocycles. The van der Waals surface area contributed by atoms with Gasteiger partial charge in [0.05, 0.1) is 12.1 Å². The number of nitrogen functional groups attached to an aromatic ring is 1. The molecule has 0 spiro atoms. The van der Waals surface area contributed by atoms with Crippen molar-refractivity contribution in [3.05, 3.63) is 23.2 Å². The molecule has 2 aliphatic rings. The largest absolute Gasteiger partial charge is 0.464 e. The zero-order valence-corrected chi connectivity index (χ0v) is 12.7. The Morgan fingerprint density at radius 1 is 1.38 bits per heavy atom. The van der Waals surface area contributed by atoms with Crippen LogP contribution in [0.1, 0.15) is 60.4 Å². The summed E-state index contributed by atoms with van der Waals surface area (Å²) in [6.45, 7) is 3.76. The van der Waals surface area contributed by atoms with Crippen molar-refractivity contribution in [3.63, 3.8) is 0 Å². The molecule has 0 radical (unpaired) electrons. The van der Waals surface area contributed by atoms with Gasteiger partial charge in [-0.05, 0) is 51.1 Å². The molecule has 1 amide bonds. The topological polar surface area (TPSA) is 71.5 Å². The molecule has 21 heavy (non-hydrogen) atoms. The first-order valence-corrected chi connectivity index (χ1v) is 8.03. The molecule has 0 unspecified atom stereocenters. The molecule has 1 aliphatic carbocycles. The van der Waals surface area contributed by atoms with Crippen LogP contribution in [0.15, 0.2) is 10.5 Å². The molecule has 2 heterocycles. The Hall–Kier alpha value is -1.33. The molecule has 3 rings (SSSR count). The number of rotatable bonds is 3. The molecule has 1 aromatic heterocycles. The lowest BCUT2D eigenvalue weighted by Crippen LogP contribution is -2.46. The molecule has 5 nitrogen and oxygen atoms in total. The SMILES string of the molecule is Cc1oc(CN2CCC[C@H]3CCCC[C@H]32)cc1C(=O)NN. The summed E-state index contributed by atoms with van der Waals surface area (Å²) in [4.78, 5) is 14.2. The molecule has 5 heteroatoms. The van der Waals surface area contributed by atoms with Gasteiger partial charge in [0.25, 0.3) is 5.91 Å². The van der Waals surface area contributed by atoms with Crippen LogP contribution in [0.25, 0.3) is 0 Å². The zero-order valence-electron chi connectivity index (χ0n) is 12.7. The van der Waals surface area contributed by atoms with Crippen molar-refractivity contribution in [2.75, 3.05) is 6.54 Å². The molecule has 1 aliphatic heterocycles. The van der Waals surface area contributed by atoms with E-state index in [4.69, 9.17) is 10.3 Å². The molecule has 0 aromatic carbocycles. The number of amides is 1. The van der Waals surface area contributed by atoms with Gasteiger partial charge >= 0.3 is 0 Å². The van der Waals surface area contributed by atoms with Crippen molar-refractivity contribution in [2.45, 2.75) is 58.0 Å². The molecule has 2 atom stereocenters. The standard InChI is InChI=1S/C16H25N3O2/c1-11-14(16(20)18-17)9-13(21-11)10-19-8-4-6-12-5-2-3-7-15(12)19/h9,12,15H,2-8,10,17H2,1H3,(H,18,20)/t12-,15-/m1/s1. The summed E-state index contributed by atoms with van der Waals surface area (Å²) in [6, 6.07) is 2.54. The van der Waals surface area contributed by atoms with Gasteiger partial charge in [0.2, 0.25) is 0 Å². The molecule has 3 N–H and O–H groups in total. The van der Waals surface area contributed by atoms with Crippen LogP contribution in [0, 0.1) is 12.8 Å². The second-order valence-electron chi connectivity index (χ2n) is 6.38. The Morgan fingerprint density at radius 3 is 2.95 bits per heavy atom. The van der Waals surface area contributed by atoms with Crippen LogP contribution in [-0.4, -0.2) is 23.4 Å². The maximum atomic E-state index is 11.7. The number of aryl methyl sites for hydroxylation is 1. The minimum atomic E-state index is -0.281. The summed E-state index contributed by atoms with van der Waals surface area (Å²) in [5, 5.41) is 0. The number of likely N-dealkylation sites (tertiary alicyclic amines) is 1. The van der Waals surface area contributed by atoms with Crippen molar-refractivity contribution >= 4 is 5.91 Å². The number of carbonyl (C=O) groups excluding carboxylic acids is 1. The summed E-state index contributed by atoms with van der Waals surface area (Å²) >= 11 is 0. The summed E-state index contributed by atoms with van der Waals surface area (Å²) in [5.74, 6) is 7.29. The molecular formula is C16H25N3O2. The normalized spacial score (nSPS) is 26.4. The van der Waals surface area contributed by atoms with Gasteiger partial charge in [0.1, 0.15) is 11.5 Å². The smallest absolute Gasteiger partial charge is 0.268 e. The average molecular weight is 291 g/mol.